The van der Waals surface area contributed by atoms with Crippen molar-refractivity contribution in [2.75, 3.05) is 36.0 Å². The van der Waals surface area contributed by atoms with Crippen LogP contribution in [0.2, 0.25) is 0 Å². The van der Waals surface area contributed by atoms with Crippen LogP contribution in [-0.4, -0.2) is 78.9 Å². The van der Waals surface area contributed by atoms with Gasteiger partial charge in [0.05, 0.1) is 35.9 Å². The van der Waals surface area contributed by atoms with E-state index in [1.165, 1.54) is 24.5 Å². The summed E-state index contributed by atoms with van der Waals surface area (Å²) >= 11 is 0. The van der Waals surface area contributed by atoms with Gasteiger partial charge in [0.25, 0.3) is 11.8 Å². The number of aliphatic carboxylic acids is 2. The van der Waals surface area contributed by atoms with Crippen molar-refractivity contribution in [1.29, 1.82) is 0 Å². The molecule has 8 rings (SSSR count). The molecule has 2 aliphatic heterocycles. The average molecular weight is 801 g/mol. The number of imidazole rings is 2. The van der Waals surface area contributed by atoms with Crippen molar-refractivity contribution in [2.45, 2.75) is 37.8 Å². The van der Waals surface area contributed by atoms with E-state index < -0.39 is 60.1 Å². The van der Waals surface area contributed by atoms with E-state index in [2.05, 4.69) is 20.6 Å². The first kappa shape index (κ1) is 39.3. The van der Waals surface area contributed by atoms with E-state index in [4.69, 9.17) is 10.2 Å². The SMILES string of the molecule is O=C(O)CNC(=O)c1cnc2ccc(N3CCC[C@@H]3c3cc(F)ccc3F)cn12.O=C(O)CNC(=O)c1cnc2ccc(N3CCC[C@H]3c3cc(F)ccc3F)cn12. The Hall–Kier alpha value is -6.98. The van der Waals surface area contributed by atoms with Gasteiger partial charge in [0.1, 0.15) is 59.0 Å². The van der Waals surface area contributed by atoms with Gasteiger partial charge in [0.15, 0.2) is 0 Å². The number of carbonyl (C=O) groups excluding carboxylic acids is 2. The molecule has 14 nitrogen and oxygen atoms in total. The van der Waals surface area contributed by atoms with E-state index in [1.54, 1.807) is 33.3 Å². The van der Waals surface area contributed by atoms with E-state index in [0.29, 0.717) is 48.4 Å². The van der Waals surface area contributed by atoms with Crippen LogP contribution >= 0.6 is 0 Å². The van der Waals surface area contributed by atoms with E-state index in [0.717, 1.165) is 48.5 Å². The third-order valence-corrected chi connectivity index (χ3v) is 10.0. The molecule has 0 aliphatic carbocycles. The summed E-state index contributed by atoms with van der Waals surface area (Å²) in [5.74, 6) is -5.32. The molecule has 4 aromatic heterocycles. The number of carboxylic acids is 2. The standard InChI is InChI=1S/2C20H18F2N4O3/c2*21-12-3-5-15(22)14(8-12)16-2-1-7-25(16)13-4-6-18-23-9-17(26(18)11-13)20(29)24-10-19(27)28/h2*3-6,8-9,11,16H,1-2,7,10H2,(H,24,29)(H,27,28)/t2*16-/m10/s1. The Morgan fingerprint density at radius 3 is 1.43 bits per heavy atom. The third kappa shape index (κ3) is 8.25. The predicted octanol–water partition coefficient (Wildman–Crippen LogP) is 5.54. The van der Waals surface area contributed by atoms with Gasteiger partial charge in [-0.15, -0.1) is 0 Å². The molecular weight excluding hydrogens is 764 g/mol. The molecule has 6 aromatic rings. The Labute approximate surface area is 327 Å². The molecule has 0 unspecified atom stereocenters. The van der Waals surface area contributed by atoms with E-state index in [-0.39, 0.29) is 23.5 Å². The zero-order valence-corrected chi connectivity index (χ0v) is 30.6. The minimum Gasteiger partial charge on any atom is -0.480 e. The second-order valence-corrected chi connectivity index (χ2v) is 13.7. The van der Waals surface area contributed by atoms with Gasteiger partial charge in [0, 0.05) is 36.6 Å². The number of nitrogens with zero attached hydrogens (tertiary/aromatic N) is 6. The Balaban J connectivity index is 0.000000177. The van der Waals surface area contributed by atoms with Crippen molar-refractivity contribution in [3.05, 3.63) is 131 Å². The van der Waals surface area contributed by atoms with Crippen LogP contribution in [0.25, 0.3) is 11.3 Å². The molecule has 0 saturated carbocycles. The molecule has 6 heterocycles. The fourth-order valence-corrected chi connectivity index (χ4v) is 7.45. The highest BCUT2D eigenvalue weighted by Crippen LogP contribution is 2.39. The van der Waals surface area contributed by atoms with Crippen LogP contribution in [0, 0.1) is 23.3 Å². The summed E-state index contributed by atoms with van der Waals surface area (Å²) in [4.78, 5) is 58.2. The quantitative estimate of drug-likeness (QED) is 0.129. The minimum atomic E-state index is -1.15. The fourth-order valence-electron chi connectivity index (χ4n) is 7.45. The number of hydrogen-bond acceptors (Lipinski definition) is 8. The van der Waals surface area contributed by atoms with Gasteiger partial charge in [-0.3, -0.25) is 28.0 Å². The lowest BCUT2D eigenvalue weighted by Crippen LogP contribution is -2.30. The van der Waals surface area contributed by atoms with Crippen LogP contribution in [0.5, 0.6) is 0 Å². The summed E-state index contributed by atoms with van der Waals surface area (Å²) in [6.45, 7) is 0.306. The number of carboxylic acid groups (broad SMARTS) is 2. The number of amides is 2. The average Bonchev–Trinajstić information content (AvgIpc) is 4.04. The van der Waals surface area contributed by atoms with Gasteiger partial charge in [0.2, 0.25) is 0 Å². The van der Waals surface area contributed by atoms with Crippen molar-refractivity contribution in [3.8, 4) is 0 Å². The van der Waals surface area contributed by atoms with Crippen LogP contribution in [-0.2, 0) is 9.59 Å². The van der Waals surface area contributed by atoms with Gasteiger partial charge < -0.3 is 30.6 Å². The summed E-state index contributed by atoms with van der Waals surface area (Å²) in [5.41, 5.74) is 3.47. The fraction of sp³-hybridized carbons (Fsp3) is 0.250. The van der Waals surface area contributed by atoms with Gasteiger partial charge in [-0.2, -0.15) is 0 Å². The number of anilines is 2. The summed E-state index contributed by atoms with van der Waals surface area (Å²) in [5, 5.41) is 22.1. The van der Waals surface area contributed by atoms with Crippen LogP contribution in [0.1, 0.15) is 69.9 Å². The maximum Gasteiger partial charge on any atom is 0.322 e. The van der Waals surface area contributed by atoms with Crippen molar-refractivity contribution in [1.82, 2.24) is 29.4 Å². The second kappa shape index (κ2) is 16.6. The monoisotopic (exact) mass is 800 g/mol. The smallest absolute Gasteiger partial charge is 0.322 e. The Bertz CT molecular complexity index is 2370. The topological polar surface area (TPSA) is 174 Å². The Morgan fingerprint density at radius 1 is 0.621 bits per heavy atom. The molecule has 300 valence electrons. The third-order valence-electron chi connectivity index (χ3n) is 10.0. The number of fused-ring (bicyclic) bond motifs is 2. The highest BCUT2D eigenvalue weighted by molar-refractivity contribution is 5.95. The van der Waals surface area contributed by atoms with Crippen molar-refractivity contribution >= 4 is 46.4 Å². The first-order valence-electron chi connectivity index (χ1n) is 18.3. The van der Waals surface area contributed by atoms with Crippen molar-refractivity contribution < 1.29 is 47.0 Å². The van der Waals surface area contributed by atoms with Crippen LogP contribution in [0.4, 0.5) is 28.9 Å². The molecule has 0 bridgehead atoms. The van der Waals surface area contributed by atoms with Gasteiger partial charge >= 0.3 is 11.9 Å². The van der Waals surface area contributed by atoms with Crippen molar-refractivity contribution in [2.24, 2.45) is 0 Å². The summed E-state index contributed by atoms with van der Waals surface area (Å²) in [6, 6.07) is 13.3. The number of nitrogens with one attached hydrogen (secondary N) is 2. The first-order valence-corrected chi connectivity index (χ1v) is 18.3. The lowest BCUT2D eigenvalue weighted by Gasteiger charge is -2.27. The molecule has 18 heteroatoms. The van der Waals surface area contributed by atoms with Crippen molar-refractivity contribution in [3.63, 3.8) is 0 Å². The maximum absolute atomic E-state index is 14.3. The maximum atomic E-state index is 14.3. The van der Waals surface area contributed by atoms with Gasteiger partial charge in [-0.05, 0) is 86.3 Å². The molecule has 0 spiro atoms. The summed E-state index contributed by atoms with van der Waals surface area (Å²) in [6.07, 6.45) is 9.11. The summed E-state index contributed by atoms with van der Waals surface area (Å²) < 4.78 is 59.1. The zero-order valence-electron chi connectivity index (χ0n) is 30.6. The normalized spacial score (nSPS) is 16.3. The number of hydrogen-bond donors (Lipinski definition) is 4. The van der Waals surface area contributed by atoms with Crippen LogP contribution < -0.4 is 20.4 Å². The molecule has 0 radical (unpaired) electrons. The second-order valence-electron chi connectivity index (χ2n) is 13.7. The number of halogens is 4. The first-order chi connectivity index (χ1) is 27.9. The number of benzene rings is 2. The molecule has 2 fully saturated rings. The molecule has 2 atom stereocenters. The predicted molar refractivity (Wildman–Crippen MR) is 202 cm³/mol. The molecular formula is C40H36F4N8O6. The highest BCUT2D eigenvalue weighted by Gasteiger charge is 2.31. The molecule has 4 N–H and O–H groups in total. The zero-order chi connectivity index (χ0) is 41.1. The largest absolute Gasteiger partial charge is 0.480 e. The van der Waals surface area contributed by atoms with E-state index in [9.17, 15) is 36.7 Å². The van der Waals surface area contributed by atoms with Gasteiger partial charge in [-0.1, -0.05) is 0 Å². The van der Waals surface area contributed by atoms with E-state index in [1.807, 2.05) is 21.9 Å². The number of aromatic nitrogens is 4. The highest BCUT2D eigenvalue weighted by atomic mass is 19.1. The van der Waals surface area contributed by atoms with E-state index >= 15 is 0 Å². The molecule has 58 heavy (non-hydrogen) atoms. The lowest BCUT2D eigenvalue weighted by molar-refractivity contribution is -0.136. The number of carbonyl (C=O) groups is 4. The van der Waals surface area contributed by atoms with Crippen LogP contribution in [0.15, 0.2) is 85.5 Å². The molecule has 2 amide bonds. The minimum absolute atomic E-state index is 0.191. The summed E-state index contributed by atoms with van der Waals surface area (Å²) in [7, 11) is 0. The Kier molecular flexibility index (Phi) is 11.3. The molecule has 2 aromatic carbocycles. The van der Waals surface area contributed by atoms with Crippen LogP contribution in [0.3, 0.4) is 0 Å². The Morgan fingerprint density at radius 2 is 1.03 bits per heavy atom. The number of pyridine rings is 2. The van der Waals surface area contributed by atoms with Gasteiger partial charge in [-0.25, -0.2) is 27.5 Å². The number of rotatable bonds is 10. The molecule has 2 aliphatic rings. The lowest BCUT2D eigenvalue weighted by atomic mass is 10.0. The molecule has 2 saturated heterocycles.